The number of amides is 1. The number of aromatic amines is 1. The van der Waals surface area contributed by atoms with E-state index in [0.29, 0.717) is 12.8 Å². The van der Waals surface area contributed by atoms with Crippen molar-refractivity contribution in [1.29, 1.82) is 0 Å². The van der Waals surface area contributed by atoms with Crippen LogP contribution < -0.4 is 10.9 Å². The number of H-pyrrole nitrogens is 1. The maximum atomic E-state index is 11.7. The van der Waals surface area contributed by atoms with Crippen molar-refractivity contribution in [1.82, 2.24) is 10.3 Å². The molecule has 0 aromatic carbocycles. The van der Waals surface area contributed by atoms with Crippen LogP contribution in [0.5, 0.6) is 0 Å². The highest BCUT2D eigenvalue weighted by atomic mass is 16.4. The molecule has 0 saturated carbocycles. The molecular formula is C12H16N2O4. The molecule has 1 aromatic rings. The molecule has 1 heterocycles. The van der Waals surface area contributed by atoms with Gasteiger partial charge in [-0.3, -0.25) is 9.59 Å². The second-order valence-corrected chi connectivity index (χ2v) is 3.94. The standard InChI is InChI=1S/C12H16N2O4/c1-2-3-5-9(12(17)18)14-11(16)8-6-4-7-10(15)13-8/h4,6-7,9H,2-3,5H2,1H3,(H,13,15)(H,14,16)(H,17,18)/t9-/m0/s1. The normalized spacial score (nSPS) is 11.8. The molecule has 18 heavy (non-hydrogen) atoms. The number of aliphatic carboxylic acids is 1. The lowest BCUT2D eigenvalue weighted by Crippen LogP contribution is -2.41. The van der Waals surface area contributed by atoms with Crippen LogP contribution in [0.1, 0.15) is 36.7 Å². The van der Waals surface area contributed by atoms with Gasteiger partial charge in [0.1, 0.15) is 11.7 Å². The molecular weight excluding hydrogens is 236 g/mol. The zero-order valence-electron chi connectivity index (χ0n) is 10.1. The Balaban J connectivity index is 2.72. The van der Waals surface area contributed by atoms with Crippen LogP contribution in [0.3, 0.4) is 0 Å². The number of hydrogen-bond donors (Lipinski definition) is 3. The van der Waals surface area contributed by atoms with Crippen molar-refractivity contribution < 1.29 is 14.7 Å². The smallest absolute Gasteiger partial charge is 0.326 e. The Morgan fingerprint density at radius 3 is 2.72 bits per heavy atom. The second kappa shape index (κ2) is 6.58. The number of carboxylic acids is 1. The van der Waals surface area contributed by atoms with Crippen LogP contribution >= 0.6 is 0 Å². The Labute approximate surface area is 104 Å². The molecule has 0 unspecified atom stereocenters. The van der Waals surface area contributed by atoms with Gasteiger partial charge in [-0.1, -0.05) is 25.8 Å². The summed E-state index contributed by atoms with van der Waals surface area (Å²) in [6.07, 6.45) is 1.93. The summed E-state index contributed by atoms with van der Waals surface area (Å²) in [5.74, 6) is -1.66. The second-order valence-electron chi connectivity index (χ2n) is 3.94. The lowest BCUT2D eigenvalue weighted by molar-refractivity contribution is -0.139. The summed E-state index contributed by atoms with van der Waals surface area (Å²) in [5, 5.41) is 11.3. The Hall–Kier alpha value is -2.11. The molecule has 0 fully saturated rings. The van der Waals surface area contributed by atoms with Gasteiger partial charge in [0.05, 0.1) is 0 Å². The van der Waals surface area contributed by atoms with Crippen molar-refractivity contribution in [2.45, 2.75) is 32.2 Å². The predicted molar refractivity (Wildman–Crippen MR) is 65.5 cm³/mol. The summed E-state index contributed by atoms with van der Waals surface area (Å²) in [6, 6.07) is 3.22. The van der Waals surface area contributed by atoms with Crippen molar-refractivity contribution >= 4 is 11.9 Å². The van der Waals surface area contributed by atoms with E-state index in [9.17, 15) is 14.4 Å². The third-order valence-corrected chi connectivity index (χ3v) is 2.46. The number of nitrogens with one attached hydrogen (secondary N) is 2. The summed E-state index contributed by atoms with van der Waals surface area (Å²) >= 11 is 0. The summed E-state index contributed by atoms with van der Waals surface area (Å²) < 4.78 is 0. The van der Waals surface area contributed by atoms with Gasteiger partial charge < -0.3 is 15.4 Å². The molecule has 0 bridgehead atoms. The maximum Gasteiger partial charge on any atom is 0.326 e. The number of aromatic nitrogens is 1. The van der Waals surface area contributed by atoms with Crippen molar-refractivity contribution in [3.63, 3.8) is 0 Å². The highest BCUT2D eigenvalue weighted by molar-refractivity contribution is 5.94. The van der Waals surface area contributed by atoms with Gasteiger partial charge in [-0.15, -0.1) is 0 Å². The molecule has 3 N–H and O–H groups in total. The first kappa shape index (κ1) is 14.0. The summed E-state index contributed by atoms with van der Waals surface area (Å²) in [5.41, 5.74) is -0.340. The van der Waals surface area contributed by atoms with Crippen molar-refractivity contribution in [3.05, 3.63) is 34.2 Å². The first-order chi connectivity index (χ1) is 8.54. The SMILES string of the molecule is CCCC[C@H](NC(=O)c1cccc(=O)[nH]1)C(=O)O. The Kier molecular flexibility index (Phi) is 5.10. The van der Waals surface area contributed by atoms with E-state index in [1.165, 1.54) is 18.2 Å². The molecule has 1 rings (SSSR count). The van der Waals surface area contributed by atoms with Crippen LogP contribution in [0.2, 0.25) is 0 Å². The fourth-order valence-electron chi connectivity index (χ4n) is 1.48. The molecule has 0 aliphatic carbocycles. The fraction of sp³-hybridized carbons (Fsp3) is 0.417. The summed E-state index contributed by atoms with van der Waals surface area (Å²) in [4.78, 5) is 36.1. The highest BCUT2D eigenvalue weighted by Crippen LogP contribution is 2.02. The molecule has 0 aliphatic heterocycles. The fourth-order valence-corrected chi connectivity index (χ4v) is 1.48. The number of carboxylic acid groups (broad SMARTS) is 1. The van der Waals surface area contributed by atoms with E-state index in [-0.39, 0.29) is 5.69 Å². The molecule has 6 heteroatoms. The van der Waals surface area contributed by atoms with Crippen molar-refractivity contribution in [2.24, 2.45) is 0 Å². The predicted octanol–water partition coefficient (Wildman–Crippen LogP) is 0.748. The average Bonchev–Trinajstić information content (AvgIpc) is 2.33. The maximum absolute atomic E-state index is 11.7. The van der Waals surface area contributed by atoms with Gasteiger partial charge in [-0.25, -0.2) is 4.79 Å². The molecule has 1 aromatic heterocycles. The molecule has 1 atom stereocenters. The van der Waals surface area contributed by atoms with Gasteiger partial charge in [-0.05, 0) is 12.5 Å². The highest BCUT2D eigenvalue weighted by Gasteiger charge is 2.20. The zero-order chi connectivity index (χ0) is 13.5. The molecule has 6 nitrogen and oxygen atoms in total. The van der Waals surface area contributed by atoms with Gasteiger partial charge in [0.15, 0.2) is 0 Å². The van der Waals surface area contributed by atoms with Crippen LogP contribution in [0.4, 0.5) is 0 Å². The van der Waals surface area contributed by atoms with E-state index >= 15 is 0 Å². The quantitative estimate of drug-likeness (QED) is 0.695. The number of carbonyl (C=O) groups is 2. The third kappa shape index (κ3) is 4.04. The largest absolute Gasteiger partial charge is 0.480 e. The van der Waals surface area contributed by atoms with Crippen molar-refractivity contribution in [3.8, 4) is 0 Å². The Morgan fingerprint density at radius 2 is 2.17 bits per heavy atom. The van der Waals surface area contributed by atoms with Gasteiger partial charge in [0.25, 0.3) is 5.91 Å². The van der Waals surface area contributed by atoms with Gasteiger partial charge in [-0.2, -0.15) is 0 Å². The minimum absolute atomic E-state index is 0.0604. The van der Waals surface area contributed by atoms with Gasteiger partial charge >= 0.3 is 5.97 Å². The summed E-state index contributed by atoms with van der Waals surface area (Å²) in [7, 11) is 0. The first-order valence-corrected chi connectivity index (χ1v) is 5.77. The topological polar surface area (TPSA) is 99.3 Å². The molecule has 1 amide bonds. The van der Waals surface area contributed by atoms with Crippen LogP contribution in [-0.2, 0) is 4.79 Å². The van der Waals surface area contributed by atoms with Gasteiger partial charge in [0.2, 0.25) is 5.56 Å². The number of pyridine rings is 1. The lowest BCUT2D eigenvalue weighted by Gasteiger charge is -2.13. The molecule has 0 aliphatic rings. The van der Waals surface area contributed by atoms with Gasteiger partial charge in [0, 0.05) is 6.07 Å². The van der Waals surface area contributed by atoms with E-state index in [2.05, 4.69) is 10.3 Å². The van der Waals surface area contributed by atoms with E-state index < -0.39 is 23.5 Å². The van der Waals surface area contributed by atoms with E-state index in [1.54, 1.807) is 0 Å². The first-order valence-electron chi connectivity index (χ1n) is 5.77. The van der Waals surface area contributed by atoms with Crippen LogP contribution in [0.25, 0.3) is 0 Å². The summed E-state index contributed by atoms with van der Waals surface area (Å²) in [6.45, 7) is 1.94. The molecule has 0 saturated heterocycles. The minimum atomic E-state index is -1.07. The van der Waals surface area contributed by atoms with Crippen LogP contribution in [-0.4, -0.2) is 28.0 Å². The Bertz CT molecular complexity index is 481. The minimum Gasteiger partial charge on any atom is -0.480 e. The number of hydrogen-bond acceptors (Lipinski definition) is 3. The lowest BCUT2D eigenvalue weighted by atomic mass is 10.1. The van der Waals surface area contributed by atoms with Crippen LogP contribution in [0, 0.1) is 0 Å². The van der Waals surface area contributed by atoms with Crippen LogP contribution in [0.15, 0.2) is 23.0 Å². The molecule has 98 valence electrons. The number of rotatable bonds is 6. The monoisotopic (exact) mass is 252 g/mol. The number of carbonyl (C=O) groups excluding carboxylic acids is 1. The Morgan fingerprint density at radius 1 is 1.44 bits per heavy atom. The van der Waals surface area contributed by atoms with E-state index in [1.807, 2.05) is 6.92 Å². The van der Waals surface area contributed by atoms with E-state index in [4.69, 9.17) is 5.11 Å². The zero-order valence-corrected chi connectivity index (χ0v) is 10.1. The molecule has 0 spiro atoms. The number of unbranched alkanes of at least 4 members (excludes halogenated alkanes) is 1. The average molecular weight is 252 g/mol. The van der Waals surface area contributed by atoms with Crippen molar-refractivity contribution in [2.75, 3.05) is 0 Å². The van der Waals surface area contributed by atoms with E-state index in [0.717, 1.165) is 6.42 Å². The molecule has 0 radical (unpaired) electrons. The third-order valence-electron chi connectivity index (χ3n) is 2.46.